The van der Waals surface area contributed by atoms with Crippen LogP contribution in [0.2, 0.25) is 0 Å². The van der Waals surface area contributed by atoms with Gasteiger partial charge in [0.05, 0.1) is 24.2 Å². The molecule has 0 saturated carbocycles. The molecule has 0 aliphatic rings. The maximum atomic E-state index is 12.4. The molecular weight excluding hydrogens is 295 g/mol. The second-order valence-electron chi connectivity index (χ2n) is 4.07. The van der Waals surface area contributed by atoms with Crippen LogP contribution in [0.3, 0.4) is 0 Å². The fourth-order valence-corrected chi connectivity index (χ4v) is 3.09. The van der Waals surface area contributed by atoms with Crippen molar-refractivity contribution in [3.05, 3.63) is 34.6 Å². The van der Waals surface area contributed by atoms with Gasteiger partial charge in [0.15, 0.2) is 0 Å². The summed E-state index contributed by atoms with van der Waals surface area (Å²) in [6, 6.07) is 6.85. The zero-order valence-electron chi connectivity index (χ0n) is 11.8. The normalized spacial score (nSPS) is 11.7. The van der Waals surface area contributed by atoms with E-state index in [1.54, 1.807) is 38.1 Å². The minimum Gasteiger partial charge on any atom is -0.336 e. The fraction of sp³-hybridized carbons (Fsp3) is 0.333. The molecular formula is C12H17N4O4P. The lowest BCUT2D eigenvalue weighted by atomic mass is 10.3. The molecule has 0 saturated heterocycles. The van der Waals surface area contributed by atoms with Gasteiger partial charge in [-0.1, -0.05) is 12.1 Å². The van der Waals surface area contributed by atoms with Crippen molar-refractivity contribution < 1.29 is 13.6 Å². The number of nitrogens with two attached hydrogens (primary N) is 1. The predicted octanol–water partition coefficient (Wildman–Crippen LogP) is 1.70. The van der Waals surface area contributed by atoms with Crippen LogP contribution in [-0.2, 0) is 13.6 Å². The average Bonchev–Trinajstić information content (AvgIpc) is 2.45. The maximum Gasteiger partial charge on any atom is 0.434 e. The molecule has 1 aromatic carbocycles. The Morgan fingerprint density at radius 3 is 2.52 bits per heavy atom. The van der Waals surface area contributed by atoms with E-state index in [-0.39, 0.29) is 19.0 Å². The van der Waals surface area contributed by atoms with Crippen molar-refractivity contribution in [2.75, 3.05) is 24.1 Å². The Labute approximate surface area is 121 Å². The molecule has 8 nitrogen and oxygen atoms in total. The molecule has 0 amide bonds. The van der Waals surface area contributed by atoms with Gasteiger partial charge in [-0.15, -0.1) is 0 Å². The summed E-state index contributed by atoms with van der Waals surface area (Å²) < 4.78 is 23.5. The number of fused-ring (bicyclic) bond motifs is 1. The van der Waals surface area contributed by atoms with Gasteiger partial charge in [0.25, 0.3) is 0 Å². The molecule has 114 valence electrons. The maximum absolute atomic E-state index is 12.4. The molecule has 0 atom stereocenters. The van der Waals surface area contributed by atoms with E-state index in [9.17, 15) is 9.36 Å². The van der Waals surface area contributed by atoms with Crippen LogP contribution < -0.4 is 16.5 Å². The largest absolute Gasteiger partial charge is 0.434 e. The first-order valence-electron chi connectivity index (χ1n) is 6.45. The Hall–Kier alpha value is -1.89. The smallest absolute Gasteiger partial charge is 0.336 e. The van der Waals surface area contributed by atoms with Gasteiger partial charge in [-0.2, -0.15) is 0 Å². The summed E-state index contributed by atoms with van der Waals surface area (Å²) in [6.07, 6.45) is 0. The van der Waals surface area contributed by atoms with Crippen LogP contribution in [0, 0.1) is 0 Å². The molecule has 1 aromatic heterocycles. The molecule has 2 rings (SSSR count). The van der Waals surface area contributed by atoms with Gasteiger partial charge in [-0.3, -0.25) is 18.9 Å². The second kappa shape index (κ2) is 6.26. The molecule has 0 aliphatic carbocycles. The second-order valence-corrected chi connectivity index (χ2v) is 5.80. The van der Waals surface area contributed by atoms with E-state index in [1.807, 2.05) is 0 Å². The quantitative estimate of drug-likeness (QED) is 0.617. The van der Waals surface area contributed by atoms with Crippen molar-refractivity contribution in [2.24, 2.45) is 0 Å². The first-order valence-corrected chi connectivity index (χ1v) is 7.99. The molecule has 0 radical (unpaired) electrons. The monoisotopic (exact) mass is 312 g/mol. The number of nitrogens with zero attached hydrogens (tertiary/aromatic N) is 2. The van der Waals surface area contributed by atoms with Crippen molar-refractivity contribution >= 4 is 24.6 Å². The summed E-state index contributed by atoms with van der Waals surface area (Å²) in [7, 11) is -3.65. The highest BCUT2D eigenvalue weighted by molar-refractivity contribution is 7.55. The number of hydrogen-bond donors (Lipinski definition) is 2. The van der Waals surface area contributed by atoms with Crippen LogP contribution in [0.1, 0.15) is 13.8 Å². The first kappa shape index (κ1) is 15.5. The summed E-state index contributed by atoms with van der Waals surface area (Å²) in [6.45, 7) is 3.66. The third-order valence-electron chi connectivity index (χ3n) is 2.64. The Kier molecular flexibility index (Phi) is 4.62. The molecule has 0 bridgehead atoms. The van der Waals surface area contributed by atoms with E-state index in [4.69, 9.17) is 14.9 Å². The van der Waals surface area contributed by atoms with Crippen molar-refractivity contribution in [1.29, 1.82) is 0 Å². The van der Waals surface area contributed by atoms with Gasteiger partial charge in [-0.25, -0.2) is 14.2 Å². The van der Waals surface area contributed by atoms with Crippen LogP contribution in [0.5, 0.6) is 0 Å². The number of hydrogen-bond acceptors (Lipinski definition) is 6. The van der Waals surface area contributed by atoms with E-state index in [1.165, 1.54) is 0 Å². The predicted molar refractivity (Wildman–Crippen MR) is 80.6 cm³/mol. The summed E-state index contributed by atoms with van der Waals surface area (Å²) in [5.41, 5.74) is 0.339. The molecule has 1 heterocycles. The highest BCUT2D eigenvalue weighted by Crippen LogP contribution is 2.46. The summed E-state index contributed by atoms with van der Waals surface area (Å²) in [4.78, 5) is 16.3. The Bertz CT molecular complexity index is 736. The minimum absolute atomic E-state index is 0.161. The summed E-state index contributed by atoms with van der Waals surface area (Å²) in [5, 5.41) is 2.45. The van der Waals surface area contributed by atoms with Crippen LogP contribution in [0.25, 0.3) is 11.0 Å². The average molecular weight is 312 g/mol. The zero-order valence-corrected chi connectivity index (χ0v) is 12.7. The summed E-state index contributed by atoms with van der Waals surface area (Å²) >= 11 is 0. The Morgan fingerprint density at radius 2 is 1.90 bits per heavy atom. The number of anilines is 1. The van der Waals surface area contributed by atoms with E-state index < -0.39 is 13.3 Å². The van der Waals surface area contributed by atoms with Gasteiger partial charge < -0.3 is 5.84 Å². The molecule has 2 aromatic rings. The fourth-order valence-electron chi connectivity index (χ4n) is 1.80. The molecule has 21 heavy (non-hydrogen) atoms. The van der Waals surface area contributed by atoms with Gasteiger partial charge in [0.2, 0.25) is 5.82 Å². The topological polar surface area (TPSA) is 108 Å². The number of aromatic nitrogens is 2. The molecule has 9 heteroatoms. The Morgan fingerprint density at radius 1 is 1.29 bits per heavy atom. The van der Waals surface area contributed by atoms with E-state index in [0.29, 0.717) is 11.0 Å². The van der Waals surface area contributed by atoms with Crippen molar-refractivity contribution in [3.8, 4) is 0 Å². The van der Waals surface area contributed by atoms with Crippen LogP contribution in [-0.4, -0.2) is 22.9 Å². The van der Waals surface area contributed by atoms with Gasteiger partial charge in [0, 0.05) is 0 Å². The van der Waals surface area contributed by atoms with Crippen LogP contribution in [0.4, 0.5) is 5.82 Å². The lowest BCUT2D eigenvalue weighted by Gasteiger charge is -2.18. The number of para-hydroxylation sites is 2. The third kappa shape index (κ3) is 3.24. The highest BCUT2D eigenvalue weighted by atomic mass is 31.2. The third-order valence-corrected chi connectivity index (χ3v) is 4.32. The van der Waals surface area contributed by atoms with E-state index in [2.05, 4.69) is 10.1 Å². The van der Waals surface area contributed by atoms with E-state index >= 15 is 0 Å². The molecule has 0 fully saturated rings. The lowest BCUT2D eigenvalue weighted by molar-refractivity contribution is 0.225. The van der Waals surface area contributed by atoms with Gasteiger partial charge in [-0.05, 0) is 26.0 Å². The van der Waals surface area contributed by atoms with Gasteiger partial charge >= 0.3 is 13.3 Å². The Balaban J connectivity index is 2.49. The van der Waals surface area contributed by atoms with Gasteiger partial charge in [0.1, 0.15) is 0 Å². The first-order chi connectivity index (χ1) is 10.0. The lowest BCUT2D eigenvalue weighted by Crippen LogP contribution is -2.30. The standard InChI is InChI=1S/C12H17N4O4P/c1-3-19-21(18,20-4-2)15-11-12(17)16(13)10-8-6-5-7-9(10)14-11/h5-8H,3-4,13H2,1-2H3,(H,14,15,18). The SMILES string of the molecule is CCOP(=O)(Nc1nc2ccccc2n(N)c1=O)OCC. The molecule has 0 spiro atoms. The van der Waals surface area contributed by atoms with Crippen molar-refractivity contribution in [3.63, 3.8) is 0 Å². The van der Waals surface area contributed by atoms with Crippen LogP contribution >= 0.6 is 7.75 Å². The van der Waals surface area contributed by atoms with E-state index in [0.717, 1.165) is 4.68 Å². The number of benzene rings is 1. The van der Waals surface area contributed by atoms with Crippen LogP contribution in [0.15, 0.2) is 29.1 Å². The molecule has 0 unspecified atom stereocenters. The minimum atomic E-state index is -3.65. The number of nitrogens with one attached hydrogen (secondary N) is 1. The zero-order chi connectivity index (χ0) is 15.5. The number of rotatable bonds is 6. The number of nitrogen functional groups attached to an aromatic ring is 1. The van der Waals surface area contributed by atoms with Crippen molar-refractivity contribution in [1.82, 2.24) is 9.66 Å². The molecule has 3 N–H and O–H groups in total. The summed E-state index contributed by atoms with van der Waals surface area (Å²) in [5.74, 6) is 5.56. The molecule has 0 aliphatic heterocycles. The highest BCUT2D eigenvalue weighted by Gasteiger charge is 2.26. The van der Waals surface area contributed by atoms with Crippen molar-refractivity contribution in [2.45, 2.75) is 13.8 Å².